The number of benzene rings is 1. The summed E-state index contributed by atoms with van der Waals surface area (Å²) >= 11 is 0. The van der Waals surface area contributed by atoms with Gasteiger partial charge in [-0.25, -0.2) is 4.99 Å². The molecule has 29 heavy (non-hydrogen) atoms. The first-order valence-electron chi connectivity index (χ1n) is 9.77. The highest BCUT2D eigenvalue weighted by molar-refractivity contribution is 14.0. The highest BCUT2D eigenvalue weighted by atomic mass is 127. The fourth-order valence-electron chi connectivity index (χ4n) is 3.26. The van der Waals surface area contributed by atoms with Gasteiger partial charge in [-0.05, 0) is 32.0 Å². The van der Waals surface area contributed by atoms with Crippen LogP contribution < -0.4 is 15.4 Å². The van der Waals surface area contributed by atoms with Gasteiger partial charge in [0.1, 0.15) is 12.3 Å². The number of carbonyl (C=O) groups excluding carboxylic acids is 1. The van der Waals surface area contributed by atoms with Crippen LogP contribution in [-0.4, -0.2) is 75.6 Å². The van der Waals surface area contributed by atoms with E-state index in [9.17, 15) is 4.79 Å². The molecule has 8 heteroatoms. The zero-order valence-corrected chi connectivity index (χ0v) is 20.0. The van der Waals surface area contributed by atoms with Gasteiger partial charge in [-0.3, -0.25) is 9.69 Å². The predicted molar refractivity (Wildman–Crippen MR) is 129 cm³/mol. The molecule has 1 aromatic carbocycles. The summed E-state index contributed by atoms with van der Waals surface area (Å²) in [5, 5.41) is 6.59. The number of methoxy groups -OCH3 is 1. The van der Waals surface area contributed by atoms with Crippen LogP contribution in [0.5, 0.6) is 5.75 Å². The fraction of sp³-hybridized carbons (Fsp3) is 0.524. The van der Waals surface area contributed by atoms with Gasteiger partial charge in [0, 0.05) is 32.7 Å². The van der Waals surface area contributed by atoms with Crippen molar-refractivity contribution in [3.8, 4) is 5.75 Å². The van der Waals surface area contributed by atoms with Gasteiger partial charge < -0.3 is 20.3 Å². The van der Waals surface area contributed by atoms with Crippen LogP contribution in [0.25, 0.3) is 0 Å². The number of guanidine groups is 1. The second kappa shape index (κ2) is 13.4. The van der Waals surface area contributed by atoms with E-state index >= 15 is 0 Å². The van der Waals surface area contributed by atoms with Crippen LogP contribution in [0.4, 0.5) is 0 Å². The van der Waals surface area contributed by atoms with E-state index in [-0.39, 0.29) is 42.5 Å². The first kappa shape index (κ1) is 25.2. The largest absolute Gasteiger partial charge is 0.496 e. The molecule has 2 rings (SSSR count). The van der Waals surface area contributed by atoms with Crippen molar-refractivity contribution in [1.82, 2.24) is 20.4 Å². The number of carbonyl (C=O) groups is 1. The lowest BCUT2D eigenvalue weighted by Gasteiger charge is -2.30. The van der Waals surface area contributed by atoms with E-state index in [1.807, 2.05) is 18.2 Å². The van der Waals surface area contributed by atoms with Crippen molar-refractivity contribution in [1.29, 1.82) is 0 Å². The molecule has 0 radical (unpaired) electrons. The molecule has 1 heterocycles. The van der Waals surface area contributed by atoms with Gasteiger partial charge in [0.15, 0.2) is 5.96 Å². The summed E-state index contributed by atoms with van der Waals surface area (Å²) < 4.78 is 5.60. The van der Waals surface area contributed by atoms with Crippen molar-refractivity contribution in [2.24, 2.45) is 4.99 Å². The van der Waals surface area contributed by atoms with Crippen molar-refractivity contribution >= 4 is 35.8 Å². The lowest BCUT2D eigenvalue weighted by molar-refractivity contribution is -0.127. The molecule has 2 N–H and O–H groups in total. The zero-order valence-electron chi connectivity index (χ0n) is 17.7. The topological polar surface area (TPSA) is 69.2 Å². The number of halogens is 1. The van der Waals surface area contributed by atoms with Crippen LogP contribution in [0.15, 0.2) is 41.9 Å². The number of amides is 1. The van der Waals surface area contributed by atoms with E-state index in [0.29, 0.717) is 19.0 Å². The number of likely N-dealkylation sites (N-methyl/N-ethyl adjacent to an activating group) is 1. The minimum Gasteiger partial charge on any atom is -0.496 e. The second-order valence-electron chi connectivity index (χ2n) is 7.00. The third-order valence-electron chi connectivity index (χ3n) is 4.83. The third kappa shape index (κ3) is 7.85. The Morgan fingerprint density at radius 3 is 2.62 bits per heavy atom. The van der Waals surface area contributed by atoms with Crippen LogP contribution in [0.2, 0.25) is 0 Å². The monoisotopic (exact) mass is 515 g/mol. The number of hydrogen-bond donors (Lipinski definition) is 2. The molecule has 0 aliphatic carbocycles. The molecule has 0 aromatic heterocycles. The molecule has 0 spiro atoms. The van der Waals surface area contributed by atoms with E-state index < -0.39 is 0 Å². The van der Waals surface area contributed by atoms with Crippen molar-refractivity contribution in [3.63, 3.8) is 0 Å². The number of ether oxygens (including phenoxy) is 1. The molecule has 1 amide bonds. The summed E-state index contributed by atoms with van der Waals surface area (Å²) in [6.45, 7) is 7.21. The van der Waals surface area contributed by atoms with E-state index in [1.54, 1.807) is 27.3 Å². The van der Waals surface area contributed by atoms with E-state index in [2.05, 4.69) is 33.2 Å². The zero-order chi connectivity index (χ0) is 20.4. The number of rotatable bonds is 9. The molecule has 1 unspecified atom stereocenters. The molecule has 1 aromatic rings. The van der Waals surface area contributed by atoms with Crippen molar-refractivity contribution in [3.05, 3.63) is 42.5 Å². The van der Waals surface area contributed by atoms with Gasteiger partial charge in [0.25, 0.3) is 0 Å². The van der Waals surface area contributed by atoms with Crippen LogP contribution in [0, 0.1) is 0 Å². The van der Waals surface area contributed by atoms with Crippen molar-refractivity contribution < 1.29 is 9.53 Å². The lowest BCUT2D eigenvalue weighted by atomic mass is 10.0. The molecular formula is C21H34IN5O2. The minimum atomic E-state index is -0.0412. The molecule has 0 bridgehead atoms. The maximum atomic E-state index is 11.9. The Labute approximate surface area is 191 Å². The number of hydrogen-bond acceptors (Lipinski definition) is 4. The number of nitrogens with one attached hydrogen (secondary N) is 2. The van der Waals surface area contributed by atoms with Crippen molar-refractivity contribution in [2.45, 2.75) is 18.9 Å². The van der Waals surface area contributed by atoms with Gasteiger partial charge in [-0.15, -0.1) is 30.6 Å². The van der Waals surface area contributed by atoms with Crippen molar-refractivity contribution in [2.75, 3.05) is 53.9 Å². The molecule has 1 aliphatic heterocycles. The van der Waals surface area contributed by atoms with E-state index in [4.69, 9.17) is 4.74 Å². The summed E-state index contributed by atoms with van der Waals surface area (Å²) in [5.41, 5.74) is 1.16. The Morgan fingerprint density at radius 2 is 2.00 bits per heavy atom. The van der Waals surface area contributed by atoms with Crippen LogP contribution in [0.3, 0.4) is 0 Å². The Hall–Kier alpha value is -1.81. The predicted octanol–water partition coefficient (Wildman–Crippen LogP) is 2.26. The number of likely N-dealkylation sites (tertiary alicyclic amines) is 1. The summed E-state index contributed by atoms with van der Waals surface area (Å²) in [6.07, 6.45) is 4.18. The molecule has 1 fully saturated rings. The summed E-state index contributed by atoms with van der Waals surface area (Å²) in [6, 6.07) is 8.31. The maximum absolute atomic E-state index is 11.9. The third-order valence-corrected chi connectivity index (χ3v) is 4.83. The molecule has 1 saturated heterocycles. The van der Waals surface area contributed by atoms with Gasteiger partial charge in [0.05, 0.1) is 13.2 Å². The Bertz CT molecular complexity index is 675. The average molecular weight is 515 g/mol. The summed E-state index contributed by atoms with van der Waals surface area (Å²) in [5.74, 6) is 1.45. The van der Waals surface area contributed by atoms with Gasteiger partial charge in [0.2, 0.25) is 5.91 Å². The molecule has 1 aliphatic rings. The van der Waals surface area contributed by atoms with Crippen LogP contribution in [0.1, 0.15) is 24.4 Å². The number of nitrogens with zero attached hydrogens (tertiary/aromatic N) is 3. The normalized spacial score (nSPS) is 15.2. The Balaban J connectivity index is 0.00000420. The second-order valence-corrected chi connectivity index (χ2v) is 7.00. The van der Waals surface area contributed by atoms with E-state index in [0.717, 1.165) is 24.4 Å². The van der Waals surface area contributed by atoms with Gasteiger partial charge >= 0.3 is 0 Å². The van der Waals surface area contributed by atoms with E-state index in [1.165, 1.54) is 17.7 Å². The smallest absolute Gasteiger partial charge is 0.243 e. The maximum Gasteiger partial charge on any atom is 0.243 e. The fourth-order valence-corrected chi connectivity index (χ4v) is 3.26. The number of para-hydroxylation sites is 1. The minimum absolute atomic E-state index is 0. The molecule has 0 saturated carbocycles. The quantitative estimate of drug-likeness (QED) is 0.229. The lowest BCUT2D eigenvalue weighted by Crippen LogP contribution is -2.43. The van der Waals surface area contributed by atoms with Crippen LogP contribution >= 0.6 is 24.0 Å². The van der Waals surface area contributed by atoms with Gasteiger partial charge in [-0.2, -0.15) is 0 Å². The van der Waals surface area contributed by atoms with Gasteiger partial charge in [-0.1, -0.05) is 24.3 Å². The van der Waals surface area contributed by atoms with Crippen LogP contribution in [-0.2, 0) is 4.79 Å². The Kier molecular flexibility index (Phi) is 11.7. The summed E-state index contributed by atoms with van der Waals surface area (Å²) in [7, 11) is 5.17. The molecule has 7 nitrogen and oxygen atoms in total. The molecular weight excluding hydrogens is 481 g/mol. The Morgan fingerprint density at radius 1 is 1.31 bits per heavy atom. The SMILES string of the molecule is C=CCNC(=NCC(=O)N(C)C)NCC(c1ccccc1OC)N1CCCC1.I. The number of aliphatic imine (C=N–C) groups is 1. The average Bonchev–Trinajstić information content (AvgIpc) is 3.24. The highest BCUT2D eigenvalue weighted by Crippen LogP contribution is 2.31. The summed E-state index contributed by atoms with van der Waals surface area (Å²) in [4.78, 5) is 20.3. The highest BCUT2D eigenvalue weighted by Gasteiger charge is 2.26. The first-order chi connectivity index (χ1) is 13.6. The standard InChI is InChI=1S/C21H33N5O2.HI/c1-5-12-22-21(24-16-20(27)25(2)3)23-15-18(26-13-8-9-14-26)17-10-6-7-11-19(17)28-4;/h5-7,10-11,18H,1,8-9,12-16H2,2-4H3,(H2,22,23,24);1H. The molecule has 1 atom stereocenters. The first-order valence-corrected chi connectivity index (χ1v) is 9.77. The molecule has 162 valence electrons.